The van der Waals surface area contributed by atoms with Crippen molar-refractivity contribution in [1.29, 1.82) is 0 Å². The first kappa shape index (κ1) is 16.8. The highest BCUT2D eigenvalue weighted by Gasteiger charge is 2.15. The number of carbonyl (C=O) groups excluding carboxylic acids is 1. The summed E-state index contributed by atoms with van der Waals surface area (Å²) in [5, 5.41) is 6.66. The van der Waals surface area contributed by atoms with E-state index in [0.717, 1.165) is 22.3 Å². The molecular weight excluding hydrogens is 322 g/mol. The topological polar surface area (TPSA) is 63.2 Å². The molecule has 0 aliphatic carbocycles. The average Bonchev–Trinajstić information content (AvgIpc) is 2.87. The third-order valence-electron chi connectivity index (χ3n) is 2.78. The number of nitrogens with one attached hydrogen (secondary N) is 2. The number of anilines is 1. The number of rotatable bonds is 5. The molecule has 0 fully saturated rings. The Bertz CT molecular complexity index is 652. The number of ether oxygens (including phenoxy) is 1. The van der Waals surface area contributed by atoms with Gasteiger partial charge in [0.2, 0.25) is 0 Å². The number of hydrogen-bond acceptors (Lipinski definition) is 5. The predicted molar refractivity (Wildman–Crippen MR) is 92.0 cm³/mol. The molecule has 0 saturated heterocycles. The number of carbonyl (C=O) groups is 1. The molecule has 120 valence electrons. The molecule has 5 nitrogen and oxygen atoms in total. The van der Waals surface area contributed by atoms with Crippen LogP contribution in [0, 0.1) is 0 Å². The number of hydrogen-bond donors (Lipinski definition) is 2. The maximum atomic E-state index is 11.5. The fraction of sp³-hybridized carbons (Fsp3) is 0.467. The van der Waals surface area contributed by atoms with E-state index < -0.39 is 11.7 Å². The summed E-state index contributed by atoms with van der Waals surface area (Å²) in [6.45, 7) is 6.73. The molecule has 2 rings (SSSR count). The molecule has 1 aromatic heterocycles. The van der Waals surface area contributed by atoms with E-state index in [1.807, 2.05) is 32.9 Å². The molecule has 1 heterocycles. The summed E-state index contributed by atoms with van der Waals surface area (Å²) >= 11 is 7.79. The third kappa shape index (κ3) is 4.74. The first-order chi connectivity index (χ1) is 10.4. The minimum atomic E-state index is -0.476. The van der Waals surface area contributed by atoms with Crippen molar-refractivity contribution in [3.05, 3.63) is 22.7 Å². The van der Waals surface area contributed by atoms with Crippen molar-refractivity contribution in [1.82, 2.24) is 10.3 Å². The zero-order valence-corrected chi connectivity index (χ0v) is 14.5. The van der Waals surface area contributed by atoms with Gasteiger partial charge >= 0.3 is 6.09 Å². The van der Waals surface area contributed by atoms with Crippen LogP contribution in [0.25, 0.3) is 10.2 Å². The second kappa shape index (κ2) is 7.15. The lowest BCUT2D eigenvalue weighted by Gasteiger charge is -2.19. The van der Waals surface area contributed by atoms with Gasteiger partial charge < -0.3 is 15.4 Å². The Labute approximate surface area is 139 Å². The van der Waals surface area contributed by atoms with Crippen molar-refractivity contribution >= 4 is 44.9 Å². The van der Waals surface area contributed by atoms with E-state index in [-0.39, 0.29) is 0 Å². The summed E-state index contributed by atoms with van der Waals surface area (Å²) in [6, 6.07) is 3.83. The van der Waals surface area contributed by atoms with Crippen molar-refractivity contribution in [2.75, 3.05) is 18.4 Å². The lowest BCUT2D eigenvalue weighted by Crippen LogP contribution is -2.33. The molecule has 22 heavy (non-hydrogen) atoms. The number of alkyl carbamates (subject to hydrolysis) is 1. The predicted octanol–water partition coefficient (Wildman–Crippen LogP) is 4.28. The Morgan fingerprint density at radius 3 is 2.86 bits per heavy atom. The van der Waals surface area contributed by atoms with Gasteiger partial charge in [-0.3, -0.25) is 0 Å². The Balaban J connectivity index is 1.78. The van der Waals surface area contributed by atoms with Gasteiger partial charge in [0.25, 0.3) is 0 Å². The zero-order valence-electron chi connectivity index (χ0n) is 12.9. The van der Waals surface area contributed by atoms with Gasteiger partial charge in [-0.2, -0.15) is 0 Å². The fourth-order valence-corrected chi connectivity index (χ4v) is 2.79. The number of nitrogens with zero attached hydrogens (tertiary/aromatic N) is 1. The van der Waals surface area contributed by atoms with Crippen molar-refractivity contribution in [3.8, 4) is 0 Å². The van der Waals surface area contributed by atoms with Crippen LogP contribution < -0.4 is 10.6 Å². The van der Waals surface area contributed by atoms with Gasteiger partial charge in [-0.05, 0) is 39.3 Å². The maximum Gasteiger partial charge on any atom is 0.407 e. The minimum absolute atomic E-state index is 0.396. The molecule has 2 aromatic rings. The maximum absolute atomic E-state index is 11.5. The van der Waals surface area contributed by atoms with Crippen LogP contribution >= 0.6 is 22.9 Å². The molecule has 2 N–H and O–H groups in total. The standard InChI is InChI=1S/C15H20ClN3O2S/c1-15(2,3)21-14(20)18-8-4-7-17-12-10(16)5-6-11-13(12)19-9-22-11/h5-6,9,17H,4,7-8H2,1-3H3,(H,18,20). The summed E-state index contributed by atoms with van der Waals surface area (Å²) in [6.07, 6.45) is 0.364. The Morgan fingerprint density at radius 1 is 1.36 bits per heavy atom. The fourth-order valence-electron chi connectivity index (χ4n) is 1.88. The van der Waals surface area contributed by atoms with Gasteiger partial charge in [0, 0.05) is 13.1 Å². The first-order valence-electron chi connectivity index (χ1n) is 7.09. The average molecular weight is 342 g/mol. The molecule has 0 unspecified atom stereocenters. The molecule has 0 saturated carbocycles. The number of fused-ring (bicyclic) bond motifs is 1. The van der Waals surface area contributed by atoms with Crippen LogP contribution in [0.2, 0.25) is 5.02 Å². The van der Waals surface area contributed by atoms with Gasteiger partial charge in [0.15, 0.2) is 0 Å². The molecule has 0 atom stereocenters. The van der Waals surface area contributed by atoms with Gasteiger partial charge in [0.05, 0.1) is 20.9 Å². The van der Waals surface area contributed by atoms with E-state index in [0.29, 0.717) is 18.1 Å². The molecule has 0 spiro atoms. The van der Waals surface area contributed by atoms with Crippen LogP contribution in [0.3, 0.4) is 0 Å². The number of thiazole rings is 1. The number of benzene rings is 1. The van der Waals surface area contributed by atoms with Gasteiger partial charge in [-0.15, -0.1) is 11.3 Å². The molecule has 1 aromatic carbocycles. The van der Waals surface area contributed by atoms with Crippen molar-refractivity contribution in [2.24, 2.45) is 0 Å². The van der Waals surface area contributed by atoms with E-state index >= 15 is 0 Å². The van der Waals surface area contributed by atoms with Gasteiger partial charge in [0.1, 0.15) is 11.1 Å². The summed E-state index contributed by atoms with van der Waals surface area (Å²) in [5.74, 6) is 0. The highest BCUT2D eigenvalue weighted by atomic mass is 35.5. The minimum Gasteiger partial charge on any atom is -0.444 e. The zero-order chi connectivity index (χ0) is 16.2. The number of aromatic nitrogens is 1. The normalized spacial score (nSPS) is 11.5. The second-order valence-electron chi connectivity index (χ2n) is 5.83. The summed E-state index contributed by atoms with van der Waals surface area (Å²) in [7, 11) is 0. The van der Waals surface area contributed by atoms with Crippen LogP contribution in [-0.4, -0.2) is 29.8 Å². The smallest absolute Gasteiger partial charge is 0.407 e. The molecule has 0 bridgehead atoms. The van der Waals surface area contributed by atoms with E-state index in [1.54, 1.807) is 16.8 Å². The molecule has 7 heteroatoms. The van der Waals surface area contributed by atoms with Crippen LogP contribution in [0.4, 0.5) is 10.5 Å². The summed E-state index contributed by atoms with van der Waals surface area (Å²) in [5.41, 5.74) is 3.06. The molecule has 0 radical (unpaired) electrons. The Morgan fingerprint density at radius 2 is 2.14 bits per heavy atom. The van der Waals surface area contributed by atoms with Crippen molar-refractivity contribution in [2.45, 2.75) is 32.8 Å². The summed E-state index contributed by atoms with van der Waals surface area (Å²) in [4.78, 5) is 15.8. The second-order valence-corrected chi connectivity index (χ2v) is 7.12. The van der Waals surface area contributed by atoms with E-state index in [9.17, 15) is 4.79 Å². The van der Waals surface area contributed by atoms with Crippen molar-refractivity contribution < 1.29 is 9.53 Å². The van der Waals surface area contributed by atoms with E-state index in [1.165, 1.54) is 0 Å². The van der Waals surface area contributed by atoms with Crippen LogP contribution in [-0.2, 0) is 4.74 Å². The highest BCUT2D eigenvalue weighted by molar-refractivity contribution is 7.16. The molecular formula is C15H20ClN3O2S. The van der Waals surface area contributed by atoms with Crippen LogP contribution in [0.1, 0.15) is 27.2 Å². The molecule has 0 aliphatic heterocycles. The largest absolute Gasteiger partial charge is 0.444 e. The monoisotopic (exact) mass is 341 g/mol. The Kier molecular flexibility index (Phi) is 5.47. The third-order valence-corrected chi connectivity index (χ3v) is 3.88. The van der Waals surface area contributed by atoms with E-state index in [2.05, 4.69) is 15.6 Å². The van der Waals surface area contributed by atoms with E-state index in [4.69, 9.17) is 16.3 Å². The quantitative estimate of drug-likeness (QED) is 0.797. The van der Waals surface area contributed by atoms with Crippen molar-refractivity contribution in [3.63, 3.8) is 0 Å². The lowest BCUT2D eigenvalue weighted by molar-refractivity contribution is 0.0528. The SMILES string of the molecule is CC(C)(C)OC(=O)NCCCNc1c(Cl)ccc2scnc12. The lowest BCUT2D eigenvalue weighted by atomic mass is 10.2. The molecule has 1 amide bonds. The highest BCUT2D eigenvalue weighted by Crippen LogP contribution is 2.32. The van der Waals surface area contributed by atoms with Gasteiger partial charge in [-0.25, -0.2) is 9.78 Å². The number of halogens is 1. The number of amides is 1. The first-order valence-corrected chi connectivity index (χ1v) is 8.35. The van der Waals surface area contributed by atoms with Crippen LogP contribution in [0.15, 0.2) is 17.6 Å². The molecule has 0 aliphatic rings. The van der Waals surface area contributed by atoms with Crippen LogP contribution in [0.5, 0.6) is 0 Å². The Hall–Kier alpha value is -1.53. The van der Waals surface area contributed by atoms with Gasteiger partial charge in [-0.1, -0.05) is 11.6 Å². The summed E-state index contributed by atoms with van der Waals surface area (Å²) < 4.78 is 6.26.